The minimum absolute atomic E-state index is 0.733. The van der Waals surface area contributed by atoms with Gasteiger partial charge in [-0.1, -0.05) is 196 Å². The first kappa shape index (κ1) is 39.1. The molecule has 0 spiro atoms. The van der Waals surface area contributed by atoms with Gasteiger partial charge in [-0.25, -0.2) is 0 Å². The Balaban J connectivity index is 1.22. The van der Waals surface area contributed by atoms with Crippen LogP contribution in [0.1, 0.15) is 171 Å². The normalized spacial score (nSPS) is 21.7. The first-order chi connectivity index (χ1) is 29.7. The van der Waals surface area contributed by atoms with Crippen molar-refractivity contribution in [3.05, 3.63) is 83.4 Å². The number of rotatable bonds is 6. The van der Waals surface area contributed by atoms with Crippen molar-refractivity contribution in [3.63, 3.8) is 0 Å². The topological polar surface area (TPSA) is 23.8 Å². The fourth-order valence-electron chi connectivity index (χ4n) is 15.4. The second-order valence-electron chi connectivity index (χ2n) is 20.8. The van der Waals surface area contributed by atoms with Crippen LogP contribution < -0.4 is 0 Å². The van der Waals surface area contributed by atoms with Gasteiger partial charge in [0.1, 0.15) is 16.1 Å². The van der Waals surface area contributed by atoms with Gasteiger partial charge in [0.15, 0.2) is 0 Å². The van der Waals surface area contributed by atoms with Crippen molar-refractivity contribution < 1.29 is 0 Å². The summed E-state index contributed by atoms with van der Waals surface area (Å²) in [7, 11) is -3.99. The molecule has 0 atom stereocenters. The molecule has 0 amide bonds. The molecule has 6 fully saturated rings. The molecule has 0 radical (unpaired) electrons. The molecule has 0 unspecified atom stereocenters. The van der Waals surface area contributed by atoms with Crippen molar-refractivity contribution in [1.82, 2.24) is 0 Å². The highest BCUT2D eigenvalue weighted by molar-refractivity contribution is 6.91. The van der Waals surface area contributed by atoms with Crippen molar-refractivity contribution in [2.24, 2.45) is 0 Å². The highest BCUT2D eigenvalue weighted by atomic mass is 28.3. The van der Waals surface area contributed by atoms with E-state index in [-0.39, 0.29) is 0 Å². The molecule has 6 saturated carbocycles. The van der Waals surface area contributed by atoms with E-state index < -0.39 is 16.1 Å². The van der Waals surface area contributed by atoms with E-state index in [1.165, 1.54) is 203 Å². The van der Waals surface area contributed by atoms with Gasteiger partial charge in [-0.3, -0.25) is 0 Å². The van der Waals surface area contributed by atoms with E-state index in [1.807, 2.05) is 6.07 Å². The lowest BCUT2D eigenvalue weighted by Crippen LogP contribution is -2.46. The van der Waals surface area contributed by atoms with Crippen LogP contribution in [0, 0.1) is 34.3 Å². The summed E-state index contributed by atoms with van der Waals surface area (Å²) in [4.78, 5) is 0. The van der Waals surface area contributed by atoms with Crippen molar-refractivity contribution in [2.75, 3.05) is 0 Å². The third-order valence-electron chi connectivity index (χ3n) is 18.1. The van der Waals surface area contributed by atoms with Crippen LogP contribution in [0.5, 0.6) is 0 Å². The molecule has 0 saturated heterocycles. The van der Waals surface area contributed by atoms with Crippen LogP contribution >= 0.6 is 0 Å². The largest absolute Gasteiger partial charge is 0.192 e. The Bertz CT molecular complexity index is 2510. The van der Waals surface area contributed by atoms with Crippen molar-refractivity contribution in [1.29, 1.82) is 5.26 Å². The standard InChI is InChI=1S/C57H65NSi2/c58-40-41-29-30-44-38-56-52(31-33-59(46-17-3-4-18-46,47-19-5-6-20-47)48-21-7-8-22-48)54-36-42-15-1-2-16-43(42)37-55(54)53(57(56)39-45(44)35-41)32-34-60(49-23-9-10-24-49,50-25-11-12-26-50)51-27-13-14-28-51/h1-2,15-16,29-30,35-39,46-51H,3-14,17-28H2. The molecule has 0 aliphatic heterocycles. The maximum atomic E-state index is 10.1. The van der Waals surface area contributed by atoms with Crippen LogP contribution in [0.25, 0.3) is 43.1 Å². The smallest absolute Gasteiger partial charge is 0.148 e. The highest BCUT2D eigenvalue weighted by Crippen LogP contribution is 2.60. The molecule has 60 heavy (non-hydrogen) atoms. The van der Waals surface area contributed by atoms with Crippen molar-refractivity contribution >= 4 is 59.2 Å². The molecule has 11 rings (SSSR count). The summed E-state index contributed by atoms with van der Waals surface area (Å²) in [5.41, 5.74) is 17.6. The van der Waals surface area contributed by atoms with Gasteiger partial charge in [0.05, 0.1) is 11.6 Å². The fraction of sp³-hybridized carbons (Fsp3) is 0.526. The molecule has 3 heteroatoms. The predicted molar refractivity (Wildman–Crippen MR) is 260 cm³/mol. The van der Waals surface area contributed by atoms with Crippen LogP contribution in [-0.4, -0.2) is 16.1 Å². The van der Waals surface area contributed by atoms with Gasteiger partial charge in [0.2, 0.25) is 0 Å². The maximum Gasteiger partial charge on any atom is 0.148 e. The third-order valence-corrected chi connectivity index (χ3v) is 30.7. The lowest BCUT2D eigenvalue weighted by atomic mass is 9.89. The summed E-state index contributed by atoms with van der Waals surface area (Å²) in [6, 6.07) is 27.8. The number of hydrogen-bond acceptors (Lipinski definition) is 1. The second-order valence-corrected chi connectivity index (χ2v) is 30.0. The first-order valence-corrected chi connectivity index (χ1v) is 29.4. The molecular weight excluding hydrogens is 755 g/mol. The SMILES string of the molecule is N#Cc1ccc2cc3c(C#C[Si](C4CCCC4)(C4CCCC4)C4CCCC4)c4cc5ccccc5cc4c(C#C[Si](C4CCCC4)(C4CCCC4)C4CCCC4)c3cc2c1. The Hall–Kier alpha value is -3.82. The summed E-state index contributed by atoms with van der Waals surface area (Å²) < 4.78 is 0. The van der Waals surface area contributed by atoms with Gasteiger partial charge in [-0.05, 0) is 113 Å². The molecule has 6 aliphatic carbocycles. The number of hydrogen-bond donors (Lipinski definition) is 0. The molecule has 6 aliphatic rings. The number of fused-ring (bicyclic) bond motifs is 4. The Morgan fingerprint density at radius 1 is 0.367 bits per heavy atom. The minimum atomic E-state index is -2.00. The highest BCUT2D eigenvalue weighted by Gasteiger charge is 2.55. The second kappa shape index (κ2) is 16.5. The van der Waals surface area contributed by atoms with Crippen molar-refractivity contribution in [2.45, 2.75) is 187 Å². The number of benzene rings is 5. The Kier molecular flexibility index (Phi) is 10.7. The molecule has 306 valence electrons. The number of nitriles is 1. The van der Waals surface area contributed by atoms with E-state index in [4.69, 9.17) is 0 Å². The molecule has 0 aromatic heterocycles. The first-order valence-electron chi connectivity index (χ1n) is 25.0. The summed E-state index contributed by atoms with van der Waals surface area (Å²) in [6.45, 7) is 0. The lowest BCUT2D eigenvalue weighted by molar-refractivity contribution is 0.690. The Morgan fingerprint density at radius 3 is 0.983 bits per heavy atom. The van der Waals surface area contributed by atoms with Gasteiger partial charge in [0, 0.05) is 11.1 Å². The van der Waals surface area contributed by atoms with Crippen LogP contribution in [0.3, 0.4) is 0 Å². The molecule has 0 bridgehead atoms. The monoisotopic (exact) mass is 819 g/mol. The minimum Gasteiger partial charge on any atom is -0.192 e. The summed E-state index contributed by atoms with van der Waals surface area (Å²) in [5.74, 6) is 8.61. The summed E-state index contributed by atoms with van der Waals surface area (Å²) >= 11 is 0. The molecule has 0 heterocycles. The quantitative estimate of drug-likeness (QED) is 0.0951. The maximum absolute atomic E-state index is 10.1. The zero-order valence-corrected chi connectivity index (χ0v) is 38.2. The van der Waals surface area contributed by atoms with E-state index in [9.17, 15) is 5.26 Å². The zero-order chi connectivity index (χ0) is 40.1. The van der Waals surface area contributed by atoms with Gasteiger partial charge in [-0.2, -0.15) is 5.26 Å². The van der Waals surface area contributed by atoms with Gasteiger partial charge < -0.3 is 0 Å². The molecular formula is C57H65NSi2. The molecule has 0 N–H and O–H groups in total. The van der Waals surface area contributed by atoms with Gasteiger partial charge in [0.25, 0.3) is 0 Å². The van der Waals surface area contributed by atoms with E-state index in [0.717, 1.165) is 44.2 Å². The zero-order valence-electron chi connectivity index (χ0n) is 36.2. The summed E-state index contributed by atoms with van der Waals surface area (Å²) in [6.07, 6.45) is 34.0. The van der Waals surface area contributed by atoms with E-state index in [1.54, 1.807) is 0 Å². The van der Waals surface area contributed by atoms with E-state index >= 15 is 0 Å². The van der Waals surface area contributed by atoms with Crippen molar-refractivity contribution in [3.8, 4) is 29.0 Å². The lowest BCUT2D eigenvalue weighted by Gasteiger charge is -2.43. The summed E-state index contributed by atoms with van der Waals surface area (Å²) in [5, 5.41) is 20.3. The van der Waals surface area contributed by atoms with Gasteiger partial charge in [-0.15, -0.1) is 11.1 Å². The third kappa shape index (κ3) is 6.62. The van der Waals surface area contributed by atoms with E-state index in [0.29, 0.717) is 0 Å². The Labute approximate surface area is 362 Å². The molecule has 5 aromatic rings. The van der Waals surface area contributed by atoms with Crippen LogP contribution in [0.4, 0.5) is 0 Å². The van der Waals surface area contributed by atoms with Crippen LogP contribution in [0.15, 0.2) is 66.7 Å². The van der Waals surface area contributed by atoms with Crippen LogP contribution in [-0.2, 0) is 0 Å². The Morgan fingerprint density at radius 2 is 0.667 bits per heavy atom. The average Bonchev–Trinajstić information content (AvgIpc) is 4.15. The van der Waals surface area contributed by atoms with E-state index in [2.05, 4.69) is 89.7 Å². The number of nitrogens with zero attached hydrogens (tertiary/aromatic N) is 1. The average molecular weight is 820 g/mol. The fourth-order valence-corrected chi connectivity index (χ4v) is 29.5. The molecule has 1 nitrogen and oxygen atoms in total. The molecule has 5 aromatic carbocycles. The predicted octanol–water partition coefficient (Wildman–Crippen LogP) is 16.5. The van der Waals surface area contributed by atoms with Crippen LogP contribution in [0.2, 0.25) is 33.2 Å². The van der Waals surface area contributed by atoms with Gasteiger partial charge >= 0.3 is 0 Å².